The first-order valence-corrected chi connectivity index (χ1v) is 11.0. The number of carbonyl (C=O) groups is 1. The highest BCUT2D eigenvalue weighted by molar-refractivity contribution is 7.90. The zero-order valence-corrected chi connectivity index (χ0v) is 17.9. The third-order valence-corrected chi connectivity index (χ3v) is 6.29. The number of carbonyl (C=O) groups excluding carboxylic acids is 1. The summed E-state index contributed by atoms with van der Waals surface area (Å²) in [7, 11) is -2.49. The minimum atomic E-state index is -3.84. The Kier molecular flexibility index (Phi) is 6.70. The maximum atomic E-state index is 13.2. The molecule has 0 aliphatic carbocycles. The van der Waals surface area contributed by atoms with Crippen molar-refractivity contribution in [2.24, 2.45) is 0 Å². The van der Waals surface area contributed by atoms with Crippen LogP contribution in [0.15, 0.2) is 57.8 Å². The quantitative estimate of drug-likeness (QED) is 0.542. The molecule has 0 atom stereocenters. The molecular weight excluding hydrogens is 456 g/mol. The van der Waals surface area contributed by atoms with Crippen molar-refractivity contribution in [1.82, 2.24) is 5.32 Å². The molecule has 1 heterocycles. The second kappa shape index (κ2) is 9.07. The van der Waals surface area contributed by atoms with Crippen molar-refractivity contribution in [2.45, 2.75) is 17.2 Å². The number of ether oxygens (including phenoxy) is 1. The van der Waals surface area contributed by atoms with Gasteiger partial charge in [0, 0.05) is 11.6 Å². The molecule has 1 N–H and O–H groups in total. The molecule has 0 spiro atoms. The average Bonchev–Trinajstić information content (AvgIpc) is 3.16. The van der Waals surface area contributed by atoms with Gasteiger partial charge in [-0.3, -0.25) is 4.79 Å². The van der Waals surface area contributed by atoms with E-state index in [4.69, 9.17) is 32.4 Å². The van der Waals surface area contributed by atoms with Gasteiger partial charge in [0.05, 0.1) is 12.1 Å². The first-order chi connectivity index (χ1) is 14.2. The van der Waals surface area contributed by atoms with Crippen LogP contribution in [0.1, 0.15) is 21.9 Å². The smallest absolute Gasteiger partial charge is 0.287 e. The van der Waals surface area contributed by atoms with E-state index in [1.165, 1.54) is 55.6 Å². The van der Waals surface area contributed by atoms with E-state index in [2.05, 4.69) is 5.32 Å². The molecule has 3 rings (SSSR count). The zero-order chi connectivity index (χ0) is 21.9. The van der Waals surface area contributed by atoms with Gasteiger partial charge in [-0.1, -0.05) is 29.3 Å². The molecule has 0 radical (unpaired) electrons. The van der Waals surface area contributed by atoms with Crippen LogP contribution >= 0.6 is 23.2 Å². The molecule has 0 bridgehead atoms. The Morgan fingerprint density at radius 1 is 1.13 bits per heavy atom. The number of hydrogen-bond donors (Lipinski definition) is 1. The van der Waals surface area contributed by atoms with Crippen molar-refractivity contribution in [3.63, 3.8) is 0 Å². The highest BCUT2D eigenvalue weighted by Crippen LogP contribution is 2.30. The summed E-state index contributed by atoms with van der Waals surface area (Å²) >= 11 is 11.6. The van der Waals surface area contributed by atoms with Gasteiger partial charge >= 0.3 is 0 Å². The molecular formula is C20H16Cl2FNO5S. The third kappa shape index (κ3) is 5.13. The van der Waals surface area contributed by atoms with E-state index in [0.717, 1.165) is 0 Å². The maximum absolute atomic E-state index is 13.2. The number of halogens is 3. The van der Waals surface area contributed by atoms with Crippen LogP contribution in [0.5, 0.6) is 5.75 Å². The van der Waals surface area contributed by atoms with Gasteiger partial charge in [0.25, 0.3) is 5.91 Å². The molecule has 2 aromatic carbocycles. The maximum Gasteiger partial charge on any atom is 0.287 e. The molecule has 30 heavy (non-hydrogen) atoms. The molecule has 10 heteroatoms. The lowest BCUT2D eigenvalue weighted by Crippen LogP contribution is -2.22. The Balaban J connectivity index is 1.70. The fourth-order valence-corrected chi connectivity index (χ4v) is 4.54. The van der Waals surface area contributed by atoms with E-state index in [9.17, 15) is 17.6 Å². The molecule has 0 saturated heterocycles. The molecule has 0 aliphatic heterocycles. The summed E-state index contributed by atoms with van der Waals surface area (Å²) in [5.41, 5.74) is 0.595. The highest BCUT2D eigenvalue weighted by atomic mass is 35.5. The predicted octanol–water partition coefficient (Wildman–Crippen LogP) is 4.64. The van der Waals surface area contributed by atoms with Gasteiger partial charge in [-0.05, 0) is 48.0 Å². The lowest BCUT2D eigenvalue weighted by atomic mass is 10.2. The standard InChI is InChI=1S/C20H16Cl2FNO5S/c1-28-17-6-3-13(21)9-19(17)30(26,27)11-14-4-7-18(29-14)20(25)24-10-12-2-5-16(23)15(22)8-12/h2-9H,10-11H2,1H3,(H,24,25). The van der Waals surface area contributed by atoms with Gasteiger partial charge in [0.2, 0.25) is 0 Å². The fraction of sp³-hybridized carbons (Fsp3) is 0.150. The van der Waals surface area contributed by atoms with Crippen LogP contribution in [0, 0.1) is 5.82 Å². The van der Waals surface area contributed by atoms with Crippen molar-refractivity contribution < 1.29 is 26.8 Å². The SMILES string of the molecule is COc1ccc(Cl)cc1S(=O)(=O)Cc1ccc(C(=O)NCc2ccc(F)c(Cl)c2)o1. The van der Waals surface area contributed by atoms with Crippen LogP contribution < -0.4 is 10.1 Å². The van der Waals surface area contributed by atoms with Crippen molar-refractivity contribution in [3.8, 4) is 5.75 Å². The first kappa shape index (κ1) is 22.1. The molecule has 3 aromatic rings. The molecule has 1 aromatic heterocycles. The minimum absolute atomic E-state index is 0.0521. The third-order valence-electron chi connectivity index (χ3n) is 4.12. The minimum Gasteiger partial charge on any atom is -0.495 e. The number of methoxy groups -OCH3 is 1. The van der Waals surface area contributed by atoms with Gasteiger partial charge in [0.15, 0.2) is 15.6 Å². The second-order valence-electron chi connectivity index (χ2n) is 6.25. The van der Waals surface area contributed by atoms with Crippen LogP contribution in [-0.2, 0) is 22.1 Å². The Morgan fingerprint density at radius 3 is 2.60 bits per heavy atom. The fourth-order valence-electron chi connectivity index (χ4n) is 2.66. The van der Waals surface area contributed by atoms with Gasteiger partial charge < -0.3 is 14.5 Å². The summed E-state index contributed by atoms with van der Waals surface area (Å²) in [6.07, 6.45) is 0. The Hall–Kier alpha value is -2.55. The summed E-state index contributed by atoms with van der Waals surface area (Å²) in [5, 5.41) is 2.79. The van der Waals surface area contributed by atoms with Crippen molar-refractivity contribution >= 4 is 38.9 Å². The van der Waals surface area contributed by atoms with E-state index in [-0.39, 0.29) is 38.8 Å². The first-order valence-electron chi connectivity index (χ1n) is 8.57. The van der Waals surface area contributed by atoms with E-state index in [1.54, 1.807) is 0 Å². The van der Waals surface area contributed by atoms with Gasteiger partial charge in [-0.2, -0.15) is 0 Å². The van der Waals surface area contributed by atoms with Crippen LogP contribution in [0.2, 0.25) is 10.0 Å². The Labute approximate surface area is 182 Å². The van der Waals surface area contributed by atoms with E-state index in [0.29, 0.717) is 5.56 Å². The molecule has 0 aliphatic rings. The Morgan fingerprint density at radius 2 is 1.90 bits per heavy atom. The molecule has 158 valence electrons. The van der Waals surface area contributed by atoms with Crippen molar-refractivity contribution in [2.75, 3.05) is 7.11 Å². The zero-order valence-electron chi connectivity index (χ0n) is 15.6. The van der Waals surface area contributed by atoms with E-state index >= 15 is 0 Å². The van der Waals surface area contributed by atoms with Crippen LogP contribution in [0.3, 0.4) is 0 Å². The highest BCUT2D eigenvalue weighted by Gasteiger charge is 2.23. The topological polar surface area (TPSA) is 85.6 Å². The number of amides is 1. The van der Waals surface area contributed by atoms with Crippen LogP contribution in [-0.4, -0.2) is 21.4 Å². The van der Waals surface area contributed by atoms with Crippen LogP contribution in [0.25, 0.3) is 0 Å². The summed E-state index contributed by atoms with van der Waals surface area (Å²) in [6.45, 7) is 0.0902. The number of rotatable bonds is 7. The van der Waals surface area contributed by atoms with Gasteiger partial charge in [0.1, 0.15) is 28.0 Å². The molecule has 0 unspecified atom stereocenters. The molecule has 6 nitrogen and oxygen atoms in total. The van der Waals surface area contributed by atoms with Crippen molar-refractivity contribution in [1.29, 1.82) is 0 Å². The lowest BCUT2D eigenvalue weighted by molar-refractivity contribution is 0.0921. The van der Waals surface area contributed by atoms with Gasteiger partial charge in [-0.15, -0.1) is 0 Å². The normalized spacial score (nSPS) is 11.3. The number of nitrogens with one attached hydrogen (secondary N) is 1. The van der Waals surface area contributed by atoms with Crippen molar-refractivity contribution in [3.05, 3.63) is 81.5 Å². The predicted molar refractivity (Wildman–Crippen MR) is 110 cm³/mol. The molecule has 0 fully saturated rings. The summed E-state index contributed by atoms with van der Waals surface area (Å²) < 4.78 is 49.2. The van der Waals surface area contributed by atoms with E-state index < -0.39 is 27.3 Å². The van der Waals surface area contributed by atoms with Gasteiger partial charge in [-0.25, -0.2) is 12.8 Å². The number of hydrogen-bond acceptors (Lipinski definition) is 5. The Bertz CT molecular complexity index is 1190. The molecule has 1 amide bonds. The molecule has 0 saturated carbocycles. The number of sulfone groups is 1. The second-order valence-corrected chi connectivity index (χ2v) is 9.05. The number of furan rings is 1. The van der Waals surface area contributed by atoms with Crippen LogP contribution in [0.4, 0.5) is 4.39 Å². The summed E-state index contributed by atoms with van der Waals surface area (Å²) in [5.74, 6) is -1.43. The monoisotopic (exact) mass is 471 g/mol. The lowest BCUT2D eigenvalue weighted by Gasteiger charge is -2.09. The summed E-state index contributed by atoms with van der Waals surface area (Å²) in [4.78, 5) is 12.2. The largest absolute Gasteiger partial charge is 0.495 e. The number of benzene rings is 2. The summed E-state index contributed by atoms with van der Waals surface area (Å²) in [6, 6.07) is 11.1. The van der Waals surface area contributed by atoms with E-state index in [1.807, 2.05) is 0 Å². The average molecular weight is 472 g/mol.